The maximum atomic E-state index is 11.7. The van der Waals surface area contributed by atoms with Crippen molar-refractivity contribution in [3.8, 4) is 0 Å². The van der Waals surface area contributed by atoms with E-state index in [9.17, 15) is 14.8 Å². The lowest BCUT2D eigenvalue weighted by atomic mass is 10.1. The first kappa shape index (κ1) is 25.6. The second-order valence-corrected chi connectivity index (χ2v) is 8.01. The van der Waals surface area contributed by atoms with E-state index in [1.807, 2.05) is 0 Å². The Morgan fingerprint density at radius 2 is 1.48 bits per heavy atom. The summed E-state index contributed by atoms with van der Waals surface area (Å²) in [6, 6.07) is -0.720. The van der Waals surface area contributed by atoms with E-state index < -0.39 is 18.0 Å². The number of hydroxylamine groups is 2. The van der Waals surface area contributed by atoms with Crippen LogP contribution in [0.4, 0.5) is 0 Å². The molecule has 0 spiro atoms. The predicted octanol–water partition coefficient (Wildman–Crippen LogP) is 5.88. The summed E-state index contributed by atoms with van der Waals surface area (Å²) in [5.41, 5.74) is 0. The van der Waals surface area contributed by atoms with Gasteiger partial charge in [-0.3, -0.25) is 0 Å². The Hall–Kier alpha value is -1.40. The average molecular weight is 412 g/mol. The first-order valence-corrected chi connectivity index (χ1v) is 11.7. The summed E-state index contributed by atoms with van der Waals surface area (Å²) in [5.74, 6) is -1.23. The summed E-state index contributed by atoms with van der Waals surface area (Å²) in [4.78, 5) is 32.3. The van der Waals surface area contributed by atoms with Crippen molar-refractivity contribution in [2.75, 3.05) is 6.54 Å². The maximum Gasteiger partial charge on any atom is 0.374 e. The Labute approximate surface area is 176 Å². The lowest BCUT2D eigenvalue weighted by Crippen LogP contribution is -2.35. The van der Waals surface area contributed by atoms with Gasteiger partial charge in [0.05, 0.1) is 6.42 Å². The standard InChI is InChI=1S/C23H41NO5/c1-2-3-4-5-6-7-8-9-10-11-12-13-14-15-16-19-22(25)28-29-23(26)21-18-17-20-24(21)27/h9-10,21,27H,2-8,11-20H2,1H3/b10-9-. The first-order chi connectivity index (χ1) is 14.1. The van der Waals surface area contributed by atoms with Crippen molar-refractivity contribution in [2.45, 2.75) is 116 Å². The van der Waals surface area contributed by atoms with Crippen molar-refractivity contribution in [1.29, 1.82) is 0 Å². The third-order valence-corrected chi connectivity index (χ3v) is 5.36. The molecule has 0 saturated carbocycles. The molecule has 29 heavy (non-hydrogen) atoms. The lowest BCUT2D eigenvalue weighted by Gasteiger charge is -2.14. The highest BCUT2D eigenvalue weighted by atomic mass is 17.2. The van der Waals surface area contributed by atoms with Gasteiger partial charge < -0.3 is 5.21 Å². The summed E-state index contributed by atoms with van der Waals surface area (Å²) in [6.45, 7) is 2.68. The molecule has 1 N–H and O–H groups in total. The van der Waals surface area contributed by atoms with E-state index in [4.69, 9.17) is 0 Å². The molecule has 1 saturated heterocycles. The molecule has 0 aromatic heterocycles. The van der Waals surface area contributed by atoms with Gasteiger partial charge in [0.25, 0.3) is 0 Å². The Morgan fingerprint density at radius 1 is 0.897 bits per heavy atom. The number of allylic oxidation sites excluding steroid dienone is 2. The van der Waals surface area contributed by atoms with E-state index in [2.05, 4.69) is 28.9 Å². The summed E-state index contributed by atoms with van der Waals surface area (Å²) in [6.07, 6.45) is 21.7. The van der Waals surface area contributed by atoms with Gasteiger partial charge in [-0.1, -0.05) is 70.4 Å². The largest absolute Gasteiger partial charge is 0.374 e. The van der Waals surface area contributed by atoms with E-state index in [1.165, 1.54) is 57.8 Å². The number of carbonyl (C=O) groups is 2. The highest BCUT2D eigenvalue weighted by Crippen LogP contribution is 2.16. The van der Waals surface area contributed by atoms with Crippen LogP contribution >= 0.6 is 0 Å². The van der Waals surface area contributed by atoms with Gasteiger partial charge in [-0.15, -0.1) is 0 Å². The van der Waals surface area contributed by atoms with E-state index >= 15 is 0 Å². The minimum atomic E-state index is -0.720. The van der Waals surface area contributed by atoms with E-state index in [0.29, 0.717) is 13.0 Å². The molecule has 1 atom stereocenters. The molecule has 1 unspecified atom stereocenters. The molecule has 1 fully saturated rings. The predicted molar refractivity (Wildman–Crippen MR) is 113 cm³/mol. The summed E-state index contributed by atoms with van der Waals surface area (Å²) in [5, 5.41) is 10.4. The van der Waals surface area contributed by atoms with Crippen LogP contribution in [0, 0.1) is 0 Å². The molecule has 1 heterocycles. The van der Waals surface area contributed by atoms with Crippen molar-refractivity contribution in [3.63, 3.8) is 0 Å². The molecular formula is C23H41NO5. The molecular weight excluding hydrogens is 370 g/mol. The van der Waals surface area contributed by atoms with Gasteiger partial charge in [-0.25, -0.2) is 19.4 Å². The van der Waals surface area contributed by atoms with E-state index in [-0.39, 0.29) is 6.42 Å². The van der Waals surface area contributed by atoms with Crippen LogP contribution < -0.4 is 0 Å². The van der Waals surface area contributed by atoms with Crippen molar-refractivity contribution in [3.05, 3.63) is 12.2 Å². The van der Waals surface area contributed by atoms with Crippen molar-refractivity contribution in [1.82, 2.24) is 5.06 Å². The molecule has 6 heteroatoms. The lowest BCUT2D eigenvalue weighted by molar-refractivity contribution is -0.267. The maximum absolute atomic E-state index is 11.7. The Bertz CT molecular complexity index is 466. The van der Waals surface area contributed by atoms with Gasteiger partial charge in [0, 0.05) is 6.54 Å². The quantitative estimate of drug-likeness (QED) is 0.148. The van der Waals surface area contributed by atoms with Crippen molar-refractivity contribution < 1.29 is 24.6 Å². The van der Waals surface area contributed by atoms with Gasteiger partial charge in [-0.05, 0) is 44.9 Å². The van der Waals surface area contributed by atoms with E-state index in [0.717, 1.165) is 37.2 Å². The third-order valence-electron chi connectivity index (χ3n) is 5.36. The molecule has 1 aliphatic rings. The number of hydrogen-bond acceptors (Lipinski definition) is 6. The fourth-order valence-electron chi connectivity index (χ4n) is 3.52. The summed E-state index contributed by atoms with van der Waals surface area (Å²) < 4.78 is 0. The molecule has 0 amide bonds. The molecule has 1 aliphatic heterocycles. The van der Waals surface area contributed by atoms with Gasteiger partial charge in [0.2, 0.25) is 0 Å². The second kappa shape index (κ2) is 17.5. The molecule has 168 valence electrons. The Morgan fingerprint density at radius 3 is 2.07 bits per heavy atom. The molecule has 0 aromatic rings. The van der Waals surface area contributed by atoms with Crippen LogP contribution in [0.2, 0.25) is 0 Å². The molecule has 6 nitrogen and oxygen atoms in total. The molecule has 0 radical (unpaired) electrons. The number of nitrogens with zero attached hydrogens (tertiary/aromatic N) is 1. The van der Waals surface area contributed by atoms with Gasteiger partial charge in [-0.2, -0.15) is 5.06 Å². The first-order valence-electron chi connectivity index (χ1n) is 11.7. The minimum absolute atomic E-state index is 0.249. The van der Waals surface area contributed by atoms with Crippen LogP contribution in [0.1, 0.15) is 110 Å². The molecule has 0 bridgehead atoms. The zero-order valence-corrected chi connectivity index (χ0v) is 18.3. The topological polar surface area (TPSA) is 76.1 Å². The van der Waals surface area contributed by atoms with Gasteiger partial charge >= 0.3 is 11.9 Å². The third kappa shape index (κ3) is 13.4. The number of rotatable bonds is 16. The van der Waals surface area contributed by atoms with Crippen LogP contribution in [0.25, 0.3) is 0 Å². The fraction of sp³-hybridized carbons (Fsp3) is 0.826. The number of carbonyl (C=O) groups excluding carboxylic acids is 2. The number of hydrogen-bond donors (Lipinski definition) is 1. The highest BCUT2D eigenvalue weighted by molar-refractivity contribution is 5.77. The smallest absolute Gasteiger partial charge is 0.313 e. The SMILES string of the molecule is CCCCCCCC/C=C\CCCCCCCC(=O)OOC(=O)C1CCCN1O. The number of unbranched alkanes of at least 4 members (excludes halogenated alkanes) is 11. The van der Waals surface area contributed by atoms with Crippen LogP contribution in [-0.2, 0) is 19.4 Å². The van der Waals surface area contributed by atoms with E-state index in [1.54, 1.807) is 0 Å². The highest BCUT2D eigenvalue weighted by Gasteiger charge is 2.32. The monoisotopic (exact) mass is 411 g/mol. The van der Waals surface area contributed by atoms with Crippen molar-refractivity contribution >= 4 is 11.9 Å². The Balaban J connectivity index is 1.85. The van der Waals surface area contributed by atoms with Gasteiger partial charge in [0.1, 0.15) is 6.04 Å². The van der Waals surface area contributed by atoms with Gasteiger partial charge in [0.15, 0.2) is 0 Å². The molecule has 0 aromatic carbocycles. The zero-order chi connectivity index (χ0) is 21.2. The Kier molecular flexibility index (Phi) is 15.4. The average Bonchev–Trinajstić information content (AvgIpc) is 3.15. The normalized spacial score (nSPS) is 17.1. The van der Waals surface area contributed by atoms with Crippen LogP contribution in [-0.4, -0.2) is 34.8 Å². The van der Waals surface area contributed by atoms with Crippen LogP contribution in [0.3, 0.4) is 0 Å². The molecule has 0 aliphatic carbocycles. The zero-order valence-electron chi connectivity index (χ0n) is 18.3. The molecule has 1 rings (SSSR count). The fourth-order valence-corrected chi connectivity index (χ4v) is 3.52. The summed E-state index contributed by atoms with van der Waals surface area (Å²) in [7, 11) is 0. The summed E-state index contributed by atoms with van der Waals surface area (Å²) >= 11 is 0. The second-order valence-electron chi connectivity index (χ2n) is 8.01. The minimum Gasteiger partial charge on any atom is -0.313 e. The van der Waals surface area contributed by atoms with Crippen LogP contribution in [0.15, 0.2) is 12.2 Å². The van der Waals surface area contributed by atoms with Crippen LogP contribution in [0.5, 0.6) is 0 Å². The van der Waals surface area contributed by atoms with Crippen molar-refractivity contribution in [2.24, 2.45) is 0 Å².